The molecule has 158 valence electrons. The van der Waals surface area contributed by atoms with Crippen molar-refractivity contribution in [3.8, 4) is 11.5 Å². The minimum atomic E-state index is 0.208. The second kappa shape index (κ2) is 10.1. The maximum Gasteiger partial charge on any atom is 0.122 e. The average molecular weight is 399 g/mol. The van der Waals surface area contributed by atoms with Gasteiger partial charge in [0.05, 0.1) is 14.2 Å². The van der Waals surface area contributed by atoms with Gasteiger partial charge in [0, 0.05) is 51.4 Å². The number of piperazine rings is 1. The Bertz CT molecular complexity index is 786. The molecule has 2 aromatic rings. The van der Waals surface area contributed by atoms with Crippen LogP contribution in [0.1, 0.15) is 28.7 Å². The number of hydrogen-bond donors (Lipinski definition) is 1. The predicted octanol–water partition coefficient (Wildman–Crippen LogP) is 3.39. The molecule has 0 aromatic heterocycles. The zero-order valence-electron chi connectivity index (χ0n) is 18.1. The summed E-state index contributed by atoms with van der Waals surface area (Å²) in [6.45, 7) is 9.32. The van der Waals surface area contributed by atoms with Gasteiger partial charge in [0.15, 0.2) is 0 Å². The lowest BCUT2D eigenvalue weighted by Gasteiger charge is -2.41. The van der Waals surface area contributed by atoms with E-state index in [9.17, 15) is 5.11 Å². The van der Waals surface area contributed by atoms with Crippen molar-refractivity contribution in [1.29, 1.82) is 0 Å². The number of benzene rings is 2. The number of rotatable bonds is 8. The number of aryl methyl sites for hydroxylation is 2. The highest BCUT2D eigenvalue weighted by atomic mass is 16.5. The Morgan fingerprint density at radius 2 is 1.69 bits per heavy atom. The van der Waals surface area contributed by atoms with Crippen LogP contribution in [0, 0.1) is 13.8 Å². The van der Waals surface area contributed by atoms with Crippen molar-refractivity contribution in [2.75, 3.05) is 40.5 Å². The lowest BCUT2D eigenvalue weighted by molar-refractivity contribution is 0.0498. The Balaban J connectivity index is 1.70. The van der Waals surface area contributed by atoms with Gasteiger partial charge in [0.2, 0.25) is 0 Å². The first kappa shape index (κ1) is 21.6. The number of aliphatic hydroxyl groups excluding tert-OH is 1. The largest absolute Gasteiger partial charge is 0.497 e. The van der Waals surface area contributed by atoms with Gasteiger partial charge in [0.25, 0.3) is 0 Å². The normalized spacial score (nSPS) is 18.0. The van der Waals surface area contributed by atoms with E-state index in [1.54, 1.807) is 14.2 Å². The molecule has 3 rings (SSSR count). The third-order valence-electron chi connectivity index (χ3n) is 5.85. The van der Waals surface area contributed by atoms with Gasteiger partial charge in [-0.2, -0.15) is 0 Å². The van der Waals surface area contributed by atoms with E-state index in [2.05, 4.69) is 54.0 Å². The van der Waals surface area contributed by atoms with E-state index in [4.69, 9.17) is 9.47 Å². The Labute approximate surface area is 174 Å². The summed E-state index contributed by atoms with van der Waals surface area (Å²) < 4.78 is 10.8. The molecule has 0 spiro atoms. The van der Waals surface area contributed by atoms with Crippen molar-refractivity contribution in [3.63, 3.8) is 0 Å². The standard InChI is InChI=1S/C24H34N2O3/c1-18-5-6-19(2)21(11-18)16-25-8-9-26(22(17-25)7-10-27)15-20-12-23(28-3)14-24(13-20)29-4/h5-6,11-14,22,27H,7-10,15-17H2,1-4H3. The molecule has 0 radical (unpaired) electrons. The fourth-order valence-corrected chi connectivity index (χ4v) is 4.14. The summed E-state index contributed by atoms with van der Waals surface area (Å²) in [7, 11) is 3.36. The molecule has 1 unspecified atom stereocenters. The van der Waals surface area contributed by atoms with Crippen molar-refractivity contribution in [3.05, 3.63) is 58.7 Å². The van der Waals surface area contributed by atoms with Crippen molar-refractivity contribution in [2.24, 2.45) is 0 Å². The Morgan fingerprint density at radius 3 is 2.34 bits per heavy atom. The monoisotopic (exact) mass is 398 g/mol. The van der Waals surface area contributed by atoms with Gasteiger partial charge in [-0.15, -0.1) is 0 Å². The van der Waals surface area contributed by atoms with Crippen LogP contribution in [0.2, 0.25) is 0 Å². The number of ether oxygens (including phenoxy) is 2. The first-order valence-corrected chi connectivity index (χ1v) is 10.4. The zero-order valence-corrected chi connectivity index (χ0v) is 18.1. The number of aliphatic hydroxyl groups is 1. The minimum Gasteiger partial charge on any atom is -0.497 e. The summed E-state index contributed by atoms with van der Waals surface area (Å²) in [6, 6.07) is 13.1. The van der Waals surface area contributed by atoms with E-state index in [-0.39, 0.29) is 6.61 Å². The van der Waals surface area contributed by atoms with Gasteiger partial charge in [-0.1, -0.05) is 23.8 Å². The smallest absolute Gasteiger partial charge is 0.122 e. The van der Waals surface area contributed by atoms with Crippen molar-refractivity contribution >= 4 is 0 Å². The maximum absolute atomic E-state index is 9.64. The molecule has 5 nitrogen and oxygen atoms in total. The topological polar surface area (TPSA) is 45.2 Å². The van der Waals surface area contributed by atoms with Crippen LogP contribution in [-0.4, -0.2) is 61.4 Å². The quantitative estimate of drug-likeness (QED) is 0.739. The lowest BCUT2D eigenvalue weighted by atomic mass is 10.0. The molecule has 1 atom stereocenters. The highest BCUT2D eigenvalue weighted by Crippen LogP contribution is 2.26. The predicted molar refractivity (Wildman–Crippen MR) is 117 cm³/mol. The first-order valence-electron chi connectivity index (χ1n) is 10.4. The van der Waals surface area contributed by atoms with Crippen molar-refractivity contribution in [1.82, 2.24) is 9.80 Å². The lowest BCUT2D eigenvalue weighted by Crippen LogP contribution is -2.52. The molecule has 2 aromatic carbocycles. The second-order valence-corrected chi connectivity index (χ2v) is 8.02. The maximum atomic E-state index is 9.64. The van der Waals surface area contributed by atoms with E-state index < -0.39 is 0 Å². The van der Waals surface area contributed by atoms with Gasteiger partial charge in [-0.3, -0.25) is 9.80 Å². The summed E-state index contributed by atoms with van der Waals surface area (Å²) in [4.78, 5) is 4.99. The summed E-state index contributed by atoms with van der Waals surface area (Å²) >= 11 is 0. The molecule has 0 saturated carbocycles. The number of nitrogens with zero attached hydrogens (tertiary/aromatic N) is 2. The number of hydrogen-bond acceptors (Lipinski definition) is 5. The van der Waals surface area contributed by atoms with E-state index in [0.29, 0.717) is 6.04 Å². The van der Waals surface area contributed by atoms with E-state index >= 15 is 0 Å². The van der Waals surface area contributed by atoms with Gasteiger partial charge in [-0.25, -0.2) is 0 Å². The first-order chi connectivity index (χ1) is 14.0. The number of methoxy groups -OCH3 is 2. The molecule has 1 saturated heterocycles. The van der Waals surface area contributed by atoms with Crippen LogP contribution in [0.5, 0.6) is 11.5 Å². The minimum absolute atomic E-state index is 0.208. The van der Waals surface area contributed by atoms with Gasteiger partial charge in [-0.05, 0) is 49.1 Å². The fourth-order valence-electron chi connectivity index (χ4n) is 4.14. The Hall–Kier alpha value is -2.08. The molecule has 0 bridgehead atoms. The summed E-state index contributed by atoms with van der Waals surface area (Å²) in [6.07, 6.45) is 0.782. The molecular weight excluding hydrogens is 364 g/mol. The molecule has 29 heavy (non-hydrogen) atoms. The van der Waals surface area contributed by atoms with Gasteiger partial charge >= 0.3 is 0 Å². The summed E-state index contributed by atoms with van der Waals surface area (Å²) in [5.41, 5.74) is 5.23. The average Bonchev–Trinajstić information content (AvgIpc) is 2.72. The van der Waals surface area contributed by atoms with Crippen LogP contribution in [0.4, 0.5) is 0 Å². The van der Waals surface area contributed by atoms with Crippen LogP contribution in [0.15, 0.2) is 36.4 Å². The highest BCUT2D eigenvalue weighted by Gasteiger charge is 2.27. The highest BCUT2D eigenvalue weighted by molar-refractivity contribution is 5.38. The van der Waals surface area contributed by atoms with Gasteiger partial charge in [0.1, 0.15) is 11.5 Å². The van der Waals surface area contributed by atoms with Crippen molar-refractivity contribution in [2.45, 2.75) is 39.4 Å². The molecule has 0 amide bonds. The van der Waals surface area contributed by atoms with Crippen molar-refractivity contribution < 1.29 is 14.6 Å². The molecule has 1 fully saturated rings. The van der Waals surface area contributed by atoms with Crippen LogP contribution >= 0.6 is 0 Å². The Morgan fingerprint density at radius 1 is 0.966 bits per heavy atom. The summed E-state index contributed by atoms with van der Waals surface area (Å²) in [5, 5.41) is 9.64. The van der Waals surface area contributed by atoms with Gasteiger partial charge < -0.3 is 14.6 Å². The molecule has 1 heterocycles. The fraction of sp³-hybridized carbons (Fsp3) is 0.500. The molecule has 1 N–H and O–H groups in total. The molecule has 1 aliphatic rings. The molecular formula is C24H34N2O3. The SMILES string of the molecule is COc1cc(CN2CCN(Cc3cc(C)ccc3C)CC2CCO)cc(OC)c1. The van der Waals surface area contributed by atoms with Crippen LogP contribution in [0.3, 0.4) is 0 Å². The van der Waals surface area contributed by atoms with E-state index in [0.717, 1.165) is 50.6 Å². The third-order valence-corrected chi connectivity index (χ3v) is 5.85. The summed E-state index contributed by atoms with van der Waals surface area (Å²) in [5.74, 6) is 1.62. The molecule has 1 aliphatic heterocycles. The second-order valence-electron chi connectivity index (χ2n) is 8.02. The van der Waals surface area contributed by atoms with E-state index in [1.807, 2.05) is 6.07 Å². The van der Waals surface area contributed by atoms with E-state index in [1.165, 1.54) is 22.3 Å². The van der Waals surface area contributed by atoms with Crippen LogP contribution < -0.4 is 9.47 Å². The molecule has 5 heteroatoms. The van der Waals surface area contributed by atoms with Crippen LogP contribution in [0.25, 0.3) is 0 Å². The third kappa shape index (κ3) is 5.72. The van der Waals surface area contributed by atoms with Crippen LogP contribution in [-0.2, 0) is 13.1 Å². The Kier molecular flexibility index (Phi) is 7.53. The molecule has 0 aliphatic carbocycles. The zero-order chi connectivity index (χ0) is 20.8.